The fraction of sp³-hybridized carbons (Fsp3) is 0.0667. The second kappa shape index (κ2) is 7.51. The van der Waals surface area contributed by atoms with Crippen LogP contribution in [0.15, 0.2) is 42.5 Å². The largest absolute Gasteiger partial charge is 0.452 e. The van der Waals surface area contributed by atoms with Crippen LogP contribution in [0.3, 0.4) is 0 Å². The summed E-state index contributed by atoms with van der Waals surface area (Å²) in [6.07, 6.45) is 0. The number of carbonyl (C=O) groups is 2. The summed E-state index contributed by atoms with van der Waals surface area (Å²) in [6.45, 7) is -0.702. The summed E-state index contributed by atoms with van der Waals surface area (Å²) in [4.78, 5) is 33.5. The molecule has 0 saturated heterocycles. The Hall–Kier alpha value is -3.00. The number of rotatable bonds is 5. The number of amides is 1. The lowest BCUT2D eigenvalue weighted by molar-refractivity contribution is -0.384. The molecule has 0 heterocycles. The minimum atomic E-state index is -1.09. The molecule has 0 aliphatic heterocycles. The van der Waals surface area contributed by atoms with E-state index in [4.69, 9.17) is 16.3 Å². The Balaban J connectivity index is 1.97. The number of esters is 1. The van der Waals surface area contributed by atoms with Gasteiger partial charge in [0.25, 0.3) is 11.6 Å². The molecule has 7 nitrogen and oxygen atoms in total. The molecule has 0 fully saturated rings. The quantitative estimate of drug-likeness (QED) is 0.506. The monoisotopic (exact) mass is 352 g/mol. The van der Waals surface area contributed by atoms with Gasteiger partial charge in [0.2, 0.25) is 0 Å². The zero-order valence-electron chi connectivity index (χ0n) is 12.0. The van der Waals surface area contributed by atoms with E-state index in [0.29, 0.717) is 0 Å². The predicted octanol–water partition coefficient (Wildman–Crippen LogP) is 3.18. The molecular formula is C15H10ClFN2O5. The zero-order valence-corrected chi connectivity index (χ0v) is 12.7. The van der Waals surface area contributed by atoms with Gasteiger partial charge in [-0.25, -0.2) is 9.18 Å². The van der Waals surface area contributed by atoms with E-state index in [1.807, 2.05) is 0 Å². The Morgan fingerprint density at radius 3 is 2.62 bits per heavy atom. The maximum atomic E-state index is 13.5. The molecule has 1 N–H and O–H groups in total. The third kappa shape index (κ3) is 4.26. The molecule has 0 radical (unpaired) electrons. The molecular weight excluding hydrogens is 343 g/mol. The molecule has 9 heteroatoms. The molecule has 24 heavy (non-hydrogen) atoms. The highest BCUT2D eigenvalue weighted by atomic mass is 35.5. The summed E-state index contributed by atoms with van der Waals surface area (Å²) in [5.41, 5.74) is -0.514. The maximum Gasteiger partial charge on any atom is 0.343 e. The fourth-order valence-electron chi connectivity index (χ4n) is 1.79. The van der Waals surface area contributed by atoms with Crippen molar-refractivity contribution in [3.8, 4) is 0 Å². The number of hydrogen-bond donors (Lipinski definition) is 1. The standard InChI is InChI=1S/C15H10ClFN2O5/c16-11-5-2-6-12(17)14(11)15(21)24-8-13(20)18-9-3-1-4-10(7-9)19(22)23/h1-7H,8H2,(H,18,20). The van der Waals surface area contributed by atoms with Gasteiger partial charge in [0.15, 0.2) is 6.61 Å². The smallest absolute Gasteiger partial charge is 0.343 e. The molecule has 2 aromatic carbocycles. The Labute approximate surface area is 140 Å². The van der Waals surface area contributed by atoms with Gasteiger partial charge in [0.05, 0.1) is 9.95 Å². The van der Waals surface area contributed by atoms with E-state index in [1.54, 1.807) is 0 Å². The van der Waals surface area contributed by atoms with Crippen LogP contribution in [0.5, 0.6) is 0 Å². The van der Waals surface area contributed by atoms with Gasteiger partial charge >= 0.3 is 5.97 Å². The van der Waals surface area contributed by atoms with Gasteiger partial charge in [0.1, 0.15) is 11.4 Å². The van der Waals surface area contributed by atoms with E-state index >= 15 is 0 Å². The van der Waals surface area contributed by atoms with Crippen molar-refractivity contribution >= 4 is 34.9 Å². The summed E-state index contributed by atoms with van der Waals surface area (Å²) in [5, 5.41) is 12.8. The first-order valence-corrected chi connectivity index (χ1v) is 6.91. The first kappa shape index (κ1) is 17.4. The third-order valence-electron chi connectivity index (χ3n) is 2.84. The van der Waals surface area contributed by atoms with Crippen LogP contribution >= 0.6 is 11.6 Å². The topological polar surface area (TPSA) is 98.5 Å². The number of halogens is 2. The number of nitro groups is 1. The van der Waals surface area contributed by atoms with E-state index in [-0.39, 0.29) is 16.4 Å². The van der Waals surface area contributed by atoms with Crippen LogP contribution in [0.1, 0.15) is 10.4 Å². The molecule has 124 valence electrons. The minimum absolute atomic E-state index is 0.140. The number of nitro benzene ring substituents is 1. The molecule has 1 amide bonds. The van der Waals surface area contributed by atoms with Gasteiger partial charge < -0.3 is 10.1 Å². The molecule has 0 bridgehead atoms. The molecule has 0 aliphatic carbocycles. The van der Waals surface area contributed by atoms with Gasteiger partial charge in [-0.3, -0.25) is 14.9 Å². The summed E-state index contributed by atoms with van der Waals surface area (Å²) >= 11 is 5.71. The SMILES string of the molecule is O=C(COC(=O)c1c(F)cccc1Cl)Nc1cccc([N+](=O)[O-])c1. The maximum absolute atomic E-state index is 13.5. The molecule has 0 atom stereocenters. The molecule has 0 spiro atoms. The van der Waals surface area contributed by atoms with Crippen molar-refractivity contribution in [2.24, 2.45) is 0 Å². The normalized spacial score (nSPS) is 10.1. The lowest BCUT2D eigenvalue weighted by atomic mass is 10.2. The summed E-state index contributed by atoms with van der Waals surface area (Å²) in [7, 11) is 0. The summed E-state index contributed by atoms with van der Waals surface area (Å²) in [5.74, 6) is -2.70. The number of benzene rings is 2. The van der Waals surface area contributed by atoms with Gasteiger partial charge in [0, 0.05) is 17.8 Å². The van der Waals surface area contributed by atoms with Crippen molar-refractivity contribution < 1.29 is 23.6 Å². The van der Waals surface area contributed by atoms with Crippen molar-refractivity contribution in [2.75, 3.05) is 11.9 Å². The number of non-ortho nitro benzene ring substituents is 1. The van der Waals surface area contributed by atoms with Crippen LogP contribution in [0.4, 0.5) is 15.8 Å². The molecule has 0 aliphatic rings. The fourth-order valence-corrected chi connectivity index (χ4v) is 2.03. The summed E-state index contributed by atoms with van der Waals surface area (Å²) in [6, 6.07) is 8.89. The molecule has 0 aromatic heterocycles. The van der Waals surface area contributed by atoms with Gasteiger partial charge in [-0.2, -0.15) is 0 Å². The van der Waals surface area contributed by atoms with Crippen molar-refractivity contribution in [3.05, 3.63) is 69.0 Å². The highest BCUT2D eigenvalue weighted by Gasteiger charge is 2.18. The zero-order chi connectivity index (χ0) is 17.7. The number of nitrogens with zero attached hydrogens (tertiary/aromatic N) is 1. The minimum Gasteiger partial charge on any atom is -0.452 e. The number of hydrogen-bond acceptors (Lipinski definition) is 5. The van der Waals surface area contributed by atoms with Gasteiger partial charge in [-0.1, -0.05) is 23.7 Å². The van der Waals surface area contributed by atoms with E-state index < -0.39 is 34.8 Å². The average Bonchev–Trinajstić information content (AvgIpc) is 2.53. The van der Waals surface area contributed by atoms with Crippen LogP contribution in [0, 0.1) is 15.9 Å². The molecule has 0 saturated carbocycles. The first-order valence-electron chi connectivity index (χ1n) is 6.54. The first-order chi connectivity index (χ1) is 11.4. The van der Waals surface area contributed by atoms with E-state index in [9.17, 15) is 24.1 Å². The van der Waals surface area contributed by atoms with Crippen LogP contribution in [-0.2, 0) is 9.53 Å². The predicted molar refractivity (Wildman–Crippen MR) is 83.4 cm³/mol. The Kier molecular flexibility index (Phi) is 5.43. The van der Waals surface area contributed by atoms with Crippen molar-refractivity contribution in [3.63, 3.8) is 0 Å². The Morgan fingerprint density at radius 1 is 1.25 bits per heavy atom. The summed E-state index contributed by atoms with van der Waals surface area (Å²) < 4.78 is 18.2. The third-order valence-corrected chi connectivity index (χ3v) is 3.16. The highest BCUT2D eigenvalue weighted by molar-refractivity contribution is 6.33. The van der Waals surface area contributed by atoms with Crippen LogP contribution in [-0.4, -0.2) is 23.4 Å². The van der Waals surface area contributed by atoms with Crippen LogP contribution < -0.4 is 5.32 Å². The van der Waals surface area contributed by atoms with Crippen molar-refractivity contribution in [2.45, 2.75) is 0 Å². The van der Waals surface area contributed by atoms with E-state index in [0.717, 1.165) is 12.1 Å². The number of carbonyl (C=O) groups excluding carboxylic acids is 2. The van der Waals surface area contributed by atoms with E-state index in [1.165, 1.54) is 30.3 Å². The highest BCUT2D eigenvalue weighted by Crippen LogP contribution is 2.20. The van der Waals surface area contributed by atoms with Crippen molar-refractivity contribution in [1.29, 1.82) is 0 Å². The number of ether oxygens (including phenoxy) is 1. The van der Waals surface area contributed by atoms with Crippen LogP contribution in [0.2, 0.25) is 5.02 Å². The lowest BCUT2D eigenvalue weighted by Crippen LogP contribution is -2.21. The lowest BCUT2D eigenvalue weighted by Gasteiger charge is -2.08. The molecule has 2 rings (SSSR count). The Bertz CT molecular complexity index is 792. The second-order valence-electron chi connectivity index (χ2n) is 4.53. The van der Waals surface area contributed by atoms with Gasteiger partial charge in [-0.15, -0.1) is 0 Å². The van der Waals surface area contributed by atoms with Crippen LogP contribution in [0.25, 0.3) is 0 Å². The number of nitrogens with one attached hydrogen (secondary N) is 1. The second-order valence-corrected chi connectivity index (χ2v) is 4.94. The van der Waals surface area contributed by atoms with Gasteiger partial charge in [-0.05, 0) is 18.2 Å². The Morgan fingerprint density at radius 2 is 1.96 bits per heavy atom. The average molecular weight is 353 g/mol. The van der Waals surface area contributed by atoms with Crippen molar-refractivity contribution in [1.82, 2.24) is 0 Å². The molecule has 2 aromatic rings. The number of anilines is 1. The molecule has 0 unspecified atom stereocenters. The van der Waals surface area contributed by atoms with E-state index in [2.05, 4.69) is 5.32 Å².